The number of amides is 3. The number of nitrogens with zero attached hydrogens (tertiary/aromatic N) is 4. The largest absolute Gasteiger partial charge is 0.455 e. The number of ether oxygens (including phenoxy) is 1. The Morgan fingerprint density at radius 2 is 1.69 bits per heavy atom. The van der Waals surface area contributed by atoms with Gasteiger partial charge in [0.15, 0.2) is 11.2 Å². The molecule has 0 bridgehead atoms. The van der Waals surface area contributed by atoms with Crippen molar-refractivity contribution in [2.24, 2.45) is 11.8 Å². The summed E-state index contributed by atoms with van der Waals surface area (Å²) in [5.74, 6) is -0.985. The van der Waals surface area contributed by atoms with Gasteiger partial charge in [-0.1, -0.05) is 26.0 Å². The van der Waals surface area contributed by atoms with Gasteiger partial charge in [0, 0.05) is 61.0 Å². The lowest BCUT2D eigenvalue weighted by Gasteiger charge is -2.37. The van der Waals surface area contributed by atoms with E-state index in [0.717, 1.165) is 6.26 Å². The van der Waals surface area contributed by atoms with Crippen LogP contribution in [0, 0.1) is 17.7 Å². The third kappa shape index (κ3) is 8.09. The van der Waals surface area contributed by atoms with Gasteiger partial charge >= 0.3 is 6.09 Å². The third-order valence-electron chi connectivity index (χ3n) is 10.4. The minimum atomic E-state index is -3.96. The Labute approximate surface area is 334 Å². The number of nitrogens with one attached hydrogen (secondary N) is 2. The molecule has 1 aliphatic rings. The van der Waals surface area contributed by atoms with Gasteiger partial charge < -0.3 is 29.1 Å². The van der Waals surface area contributed by atoms with Crippen LogP contribution in [0.5, 0.6) is 0 Å². The molecule has 3 aromatic carbocycles. The number of alkyl carbamates (subject to hydrolysis) is 1. The second-order valence-electron chi connectivity index (χ2n) is 14.6. The number of aromatic nitrogens is 2. The fourth-order valence-corrected chi connectivity index (χ4v) is 8.31. The van der Waals surface area contributed by atoms with E-state index in [1.54, 1.807) is 41.4 Å². The first-order valence-electron chi connectivity index (χ1n) is 18.8. The van der Waals surface area contributed by atoms with Crippen molar-refractivity contribution in [1.29, 1.82) is 0 Å². The zero-order chi connectivity index (χ0) is 41.3. The molecule has 1 atom stereocenters. The van der Waals surface area contributed by atoms with E-state index in [4.69, 9.17) is 13.6 Å². The highest BCUT2D eigenvalue weighted by molar-refractivity contribution is 7.92. The van der Waals surface area contributed by atoms with E-state index in [1.165, 1.54) is 42.7 Å². The molecule has 1 aliphatic heterocycles. The maximum absolute atomic E-state index is 14.0. The fraction of sp³-hybridized carbons (Fsp3) is 0.310. The van der Waals surface area contributed by atoms with Crippen molar-refractivity contribution in [3.8, 4) is 33.9 Å². The summed E-state index contributed by atoms with van der Waals surface area (Å²) in [6.45, 7) is 4.47. The number of hydrogen-bond acceptors (Lipinski definition) is 10. The molecule has 1 saturated heterocycles. The molecule has 0 radical (unpaired) electrons. The Balaban J connectivity index is 1.32. The molecule has 302 valence electrons. The number of methoxy groups -OCH3 is 1. The van der Waals surface area contributed by atoms with E-state index in [9.17, 15) is 27.2 Å². The van der Waals surface area contributed by atoms with Crippen molar-refractivity contribution in [1.82, 2.24) is 25.5 Å². The Morgan fingerprint density at radius 3 is 2.34 bits per heavy atom. The number of sulfonamides is 1. The van der Waals surface area contributed by atoms with Crippen LogP contribution < -0.4 is 14.9 Å². The lowest BCUT2D eigenvalue weighted by atomic mass is 9.94. The van der Waals surface area contributed by atoms with Crippen LogP contribution in [-0.2, 0) is 19.6 Å². The summed E-state index contributed by atoms with van der Waals surface area (Å²) in [5, 5.41) is 5.72. The predicted octanol–water partition coefficient (Wildman–Crippen LogP) is 6.85. The Hall–Kier alpha value is -6.29. The summed E-state index contributed by atoms with van der Waals surface area (Å²) in [6.07, 6.45) is 3.05. The summed E-state index contributed by atoms with van der Waals surface area (Å²) in [6, 6.07) is 18.9. The van der Waals surface area contributed by atoms with E-state index in [1.807, 2.05) is 32.0 Å². The van der Waals surface area contributed by atoms with Gasteiger partial charge in [0.05, 0.1) is 24.6 Å². The van der Waals surface area contributed by atoms with Crippen LogP contribution in [0.1, 0.15) is 37.0 Å². The second-order valence-corrected chi connectivity index (χ2v) is 16.5. The van der Waals surface area contributed by atoms with Crippen molar-refractivity contribution >= 4 is 55.8 Å². The summed E-state index contributed by atoms with van der Waals surface area (Å²) in [7, 11) is -1.23. The highest BCUT2D eigenvalue weighted by atomic mass is 32.2. The number of anilines is 1. The molecular weight excluding hydrogens is 768 g/mol. The van der Waals surface area contributed by atoms with Gasteiger partial charge in [-0.2, -0.15) is 4.98 Å². The molecule has 2 N–H and O–H groups in total. The minimum Gasteiger partial charge on any atom is -0.455 e. The van der Waals surface area contributed by atoms with Crippen LogP contribution >= 0.6 is 0 Å². The normalized spacial score (nSPS) is 14.2. The molecule has 4 heterocycles. The average molecular weight is 811 g/mol. The van der Waals surface area contributed by atoms with Gasteiger partial charge in [0.2, 0.25) is 21.8 Å². The van der Waals surface area contributed by atoms with Crippen molar-refractivity contribution in [2.75, 3.05) is 44.4 Å². The van der Waals surface area contributed by atoms with E-state index < -0.39 is 33.9 Å². The number of fused-ring (bicyclic) bond motifs is 2. The summed E-state index contributed by atoms with van der Waals surface area (Å²) in [5.41, 5.74) is 3.81. The van der Waals surface area contributed by atoms with E-state index in [-0.39, 0.29) is 41.2 Å². The van der Waals surface area contributed by atoms with E-state index in [2.05, 4.69) is 20.6 Å². The topological polar surface area (TPSA) is 177 Å². The van der Waals surface area contributed by atoms with E-state index in [0.29, 0.717) is 76.4 Å². The quantitative estimate of drug-likeness (QED) is 0.141. The number of benzene rings is 3. The third-order valence-corrected chi connectivity index (χ3v) is 11.5. The van der Waals surface area contributed by atoms with Gasteiger partial charge in [-0.25, -0.2) is 22.6 Å². The lowest BCUT2D eigenvalue weighted by molar-refractivity contribution is -0.135. The number of likely N-dealkylation sites (tertiary alicyclic amines) is 1. The van der Waals surface area contributed by atoms with Crippen molar-refractivity contribution in [2.45, 2.75) is 32.7 Å². The van der Waals surface area contributed by atoms with Crippen LogP contribution in [0.3, 0.4) is 0 Å². The number of carbonyl (C=O) groups is 3. The van der Waals surface area contributed by atoms with Crippen LogP contribution in [0.4, 0.5) is 14.9 Å². The first kappa shape index (κ1) is 39.9. The van der Waals surface area contributed by atoms with Crippen LogP contribution in [0.25, 0.3) is 56.1 Å². The van der Waals surface area contributed by atoms with Crippen LogP contribution in [0.15, 0.2) is 87.8 Å². The second kappa shape index (κ2) is 16.3. The molecule has 6 aromatic rings. The number of piperidine rings is 1. The number of furan rings is 1. The molecule has 0 unspecified atom stereocenters. The molecule has 0 saturated carbocycles. The minimum absolute atomic E-state index is 0.0811. The fourth-order valence-electron chi connectivity index (χ4n) is 7.32. The molecule has 3 aromatic heterocycles. The number of rotatable bonds is 11. The predicted molar refractivity (Wildman–Crippen MR) is 217 cm³/mol. The smallest absolute Gasteiger partial charge is 0.407 e. The summed E-state index contributed by atoms with van der Waals surface area (Å²) in [4.78, 5) is 49.6. The Kier molecular flexibility index (Phi) is 11.2. The van der Waals surface area contributed by atoms with Gasteiger partial charge in [-0.15, -0.1) is 0 Å². The highest BCUT2D eigenvalue weighted by Gasteiger charge is 2.34. The highest BCUT2D eigenvalue weighted by Crippen LogP contribution is 2.43. The Morgan fingerprint density at radius 1 is 0.966 bits per heavy atom. The SMILES string of the molecule is CNC(=O)c1c(-c2ccc(F)cc2)oc2cc(N(CC3CCN(C(=O)[C@@H](NC(=O)OC)C(C)C)CC3)S(C)(=O)=O)c(-c3cccc(-c4nc5ncccc5o4)c3)cc12. The molecule has 3 amide bonds. The van der Waals surface area contributed by atoms with Gasteiger partial charge in [0.1, 0.15) is 23.2 Å². The number of carbonyl (C=O) groups excluding carboxylic acids is 3. The molecule has 16 heteroatoms. The zero-order valence-corrected chi connectivity index (χ0v) is 33.4. The summed E-state index contributed by atoms with van der Waals surface area (Å²) >= 11 is 0. The summed E-state index contributed by atoms with van der Waals surface area (Å²) < 4.78 is 60.3. The van der Waals surface area contributed by atoms with Gasteiger partial charge in [-0.05, 0) is 84.8 Å². The number of hydrogen-bond donors (Lipinski definition) is 2. The molecule has 0 aliphatic carbocycles. The Bertz CT molecular complexity index is 2580. The molecule has 14 nitrogen and oxygen atoms in total. The van der Waals surface area contributed by atoms with Crippen molar-refractivity contribution in [3.05, 3.63) is 90.4 Å². The monoisotopic (exact) mass is 810 g/mol. The van der Waals surface area contributed by atoms with Crippen molar-refractivity contribution < 1.29 is 40.8 Å². The standard InChI is InChI=1S/C42H43FN6O8S/c1-24(2)36(46-42(52)55-4)41(51)48-18-15-25(16-19-48)23-49(58(5,53)54)32-22-34-31(35(39(50)44-3)37(56-34)26-11-13-29(43)14-12-26)21-30(32)27-8-6-9-28(20-27)40-47-38-33(57-40)10-7-17-45-38/h6-14,17,20-22,24-25,36H,15-16,18-19,23H2,1-5H3,(H,44,50)(H,46,52)/t36-/m0/s1. The number of halogens is 1. The van der Waals surface area contributed by atoms with Gasteiger partial charge in [0.25, 0.3) is 5.91 Å². The zero-order valence-electron chi connectivity index (χ0n) is 32.6. The van der Waals surface area contributed by atoms with Crippen molar-refractivity contribution in [3.63, 3.8) is 0 Å². The van der Waals surface area contributed by atoms with Crippen LogP contribution in [0.2, 0.25) is 0 Å². The maximum Gasteiger partial charge on any atom is 0.407 e. The first-order chi connectivity index (χ1) is 27.7. The average Bonchev–Trinajstić information content (AvgIpc) is 3.83. The molecule has 58 heavy (non-hydrogen) atoms. The molecule has 7 rings (SSSR count). The molecular formula is C42H43FN6O8S. The maximum atomic E-state index is 14.0. The van der Waals surface area contributed by atoms with Crippen LogP contribution in [-0.4, -0.2) is 87.3 Å². The van der Waals surface area contributed by atoms with E-state index >= 15 is 0 Å². The number of oxazole rings is 1. The molecule has 1 fully saturated rings. The molecule has 0 spiro atoms. The first-order valence-corrected chi connectivity index (χ1v) is 20.6. The lowest BCUT2D eigenvalue weighted by Crippen LogP contribution is -2.53. The number of pyridine rings is 1. The van der Waals surface area contributed by atoms with Gasteiger partial charge in [-0.3, -0.25) is 13.9 Å².